The number of carbonyl (C=O) groups is 1. The van der Waals surface area contributed by atoms with Crippen molar-refractivity contribution >= 4 is 5.78 Å². The van der Waals surface area contributed by atoms with E-state index in [1.54, 1.807) is 0 Å². The first-order valence-corrected chi connectivity index (χ1v) is 12.5. The van der Waals surface area contributed by atoms with Gasteiger partial charge in [-0.1, -0.05) is 49.7 Å². The molecule has 0 aliphatic heterocycles. The van der Waals surface area contributed by atoms with Crippen LogP contribution in [0, 0.1) is 23.2 Å². The van der Waals surface area contributed by atoms with Crippen LogP contribution in [0.1, 0.15) is 74.5 Å². The van der Waals surface area contributed by atoms with Crippen molar-refractivity contribution in [2.45, 2.75) is 70.8 Å². The predicted octanol–water partition coefficient (Wildman–Crippen LogP) is 6.08. The fourth-order valence-corrected chi connectivity index (χ4v) is 7.23. The van der Waals surface area contributed by atoms with Crippen LogP contribution >= 0.6 is 0 Å². The lowest BCUT2D eigenvalue weighted by atomic mass is 9.54. The van der Waals surface area contributed by atoms with E-state index in [0.29, 0.717) is 36.1 Å². The van der Waals surface area contributed by atoms with Crippen LogP contribution in [0.4, 0.5) is 0 Å². The molecule has 2 fully saturated rings. The first-order valence-electron chi connectivity index (χ1n) is 12.5. The van der Waals surface area contributed by atoms with E-state index in [1.807, 2.05) is 18.2 Å². The summed E-state index contributed by atoms with van der Waals surface area (Å²) in [5.74, 6) is 3.67. The van der Waals surface area contributed by atoms with Crippen molar-refractivity contribution in [1.82, 2.24) is 0 Å². The minimum atomic E-state index is -0.124. The zero-order valence-corrected chi connectivity index (χ0v) is 19.3. The van der Waals surface area contributed by atoms with Gasteiger partial charge in [-0.3, -0.25) is 4.79 Å². The van der Waals surface area contributed by atoms with E-state index < -0.39 is 0 Å². The number of carbonyl (C=O) groups excluding carboxylic acids is 1. The third-order valence-corrected chi connectivity index (χ3v) is 8.77. The maximum absolute atomic E-state index is 13.1. The Labute approximate surface area is 192 Å². The van der Waals surface area contributed by atoms with Gasteiger partial charge in [0.2, 0.25) is 0 Å². The molecule has 3 heteroatoms. The molecule has 5 atom stereocenters. The molecule has 32 heavy (non-hydrogen) atoms. The Balaban J connectivity index is 1.34. The van der Waals surface area contributed by atoms with Crippen LogP contribution in [-0.4, -0.2) is 17.5 Å². The third-order valence-electron chi connectivity index (χ3n) is 8.77. The van der Waals surface area contributed by atoms with E-state index in [4.69, 9.17) is 4.74 Å². The van der Waals surface area contributed by atoms with Crippen molar-refractivity contribution in [3.05, 3.63) is 65.2 Å². The third kappa shape index (κ3) is 3.90. The number of Topliss-reactive ketones (excluding diaryl/α,β-unsaturated/α-hetero) is 1. The standard InChI is InChI=1S/C29H36O3/c1-29-15-14-25-24-13-11-23(32-19-20-7-3-2-4-8-20)17-21(24)10-12-26(25)28(29)22(18-27(29)31)9-5-6-16-30/h2-4,7-8,11,13,17,22,25-26,28,30H,5-6,9-10,12,14-16,18-19H2,1H3/t22?,25-,26-,28+,29-/m1/s1. The topological polar surface area (TPSA) is 46.5 Å². The number of ether oxygens (including phenoxy) is 1. The molecule has 2 aromatic rings. The highest BCUT2D eigenvalue weighted by Gasteiger charge is 2.58. The number of hydrogen-bond acceptors (Lipinski definition) is 3. The summed E-state index contributed by atoms with van der Waals surface area (Å²) in [6.45, 7) is 3.12. The second-order valence-electron chi connectivity index (χ2n) is 10.5. The molecule has 2 aromatic carbocycles. The average molecular weight is 433 g/mol. The molecule has 0 saturated heterocycles. The number of aryl methyl sites for hydroxylation is 1. The molecule has 1 unspecified atom stereocenters. The summed E-state index contributed by atoms with van der Waals surface area (Å²) in [7, 11) is 0. The molecule has 0 aromatic heterocycles. The van der Waals surface area contributed by atoms with Crippen molar-refractivity contribution in [2.24, 2.45) is 23.2 Å². The predicted molar refractivity (Wildman–Crippen MR) is 127 cm³/mol. The second-order valence-corrected chi connectivity index (χ2v) is 10.5. The Bertz CT molecular complexity index is 952. The number of fused-ring (bicyclic) bond motifs is 5. The lowest BCUT2D eigenvalue weighted by Gasteiger charge is -2.50. The number of aliphatic hydroxyl groups is 1. The quantitative estimate of drug-likeness (QED) is 0.539. The lowest BCUT2D eigenvalue weighted by molar-refractivity contribution is -0.129. The highest BCUT2D eigenvalue weighted by atomic mass is 16.5. The molecule has 0 amide bonds. The van der Waals surface area contributed by atoms with E-state index in [2.05, 4.69) is 37.3 Å². The Morgan fingerprint density at radius 3 is 2.75 bits per heavy atom. The number of hydrogen-bond donors (Lipinski definition) is 1. The zero-order valence-electron chi connectivity index (χ0n) is 19.3. The van der Waals surface area contributed by atoms with Crippen LogP contribution in [0.25, 0.3) is 0 Å². The smallest absolute Gasteiger partial charge is 0.139 e. The van der Waals surface area contributed by atoms with Gasteiger partial charge >= 0.3 is 0 Å². The van der Waals surface area contributed by atoms with Crippen molar-refractivity contribution in [1.29, 1.82) is 0 Å². The van der Waals surface area contributed by atoms with Gasteiger partial charge in [0.15, 0.2) is 0 Å². The largest absolute Gasteiger partial charge is 0.489 e. The number of ketones is 1. The van der Waals surface area contributed by atoms with Crippen LogP contribution in [0.2, 0.25) is 0 Å². The molecular weight excluding hydrogens is 396 g/mol. The Hall–Kier alpha value is -2.13. The first kappa shape index (κ1) is 21.7. The van der Waals surface area contributed by atoms with Crippen molar-refractivity contribution in [3.63, 3.8) is 0 Å². The van der Waals surface area contributed by atoms with Crippen LogP contribution in [0.3, 0.4) is 0 Å². The van der Waals surface area contributed by atoms with Gasteiger partial charge in [-0.2, -0.15) is 0 Å². The highest BCUT2D eigenvalue weighted by molar-refractivity contribution is 5.87. The highest BCUT2D eigenvalue weighted by Crippen LogP contribution is 2.62. The monoisotopic (exact) mass is 432 g/mol. The van der Waals surface area contributed by atoms with Crippen LogP contribution in [0.15, 0.2) is 48.5 Å². The van der Waals surface area contributed by atoms with Gasteiger partial charge < -0.3 is 9.84 Å². The van der Waals surface area contributed by atoms with E-state index in [-0.39, 0.29) is 12.0 Å². The molecule has 3 aliphatic carbocycles. The summed E-state index contributed by atoms with van der Waals surface area (Å²) in [6, 6.07) is 17.1. The lowest BCUT2D eigenvalue weighted by Crippen LogP contribution is -2.44. The summed E-state index contributed by atoms with van der Waals surface area (Å²) in [5, 5.41) is 9.22. The summed E-state index contributed by atoms with van der Waals surface area (Å²) < 4.78 is 6.10. The molecular formula is C29H36O3. The number of benzene rings is 2. The molecule has 2 saturated carbocycles. The maximum atomic E-state index is 13.1. The number of aliphatic hydroxyl groups excluding tert-OH is 1. The van der Waals surface area contributed by atoms with Crippen LogP contribution in [-0.2, 0) is 17.8 Å². The van der Waals surface area contributed by atoms with Crippen LogP contribution in [0.5, 0.6) is 5.75 Å². The summed E-state index contributed by atoms with van der Waals surface area (Å²) in [6.07, 6.45) is 8.18. The maximum Gasteiger partial charge on any atom is 0.139 e. The van der Waals surface area contributed by atoms with Gasteiger partial charge in [-0.15, -0.1) is 0 Å². The SMILES string of the molecule is C[C@]12CC[C@@H]3c4ccc(OCc5ccccc5)cc4CC[C@H]3[C@@H]1C(CCCCO)CC2=O. The molecule has 0 bridgehead atoms. The van der Waals surface area contributed by atoms with E-state index >= 15 is 0 Å². The molecule has 170 valence electrons. The molecule has 0 heterocycles. The summed E-state index contributed by atoms with van der Waals surface area (Å²) in [4.78, 5) is 13.1. The van der Waals surface area contributed by atoms with Gasteiger partial charge in [0, 0.05) is 18.4 Å². The minimum absolute atomic E-state index is 0.124. The first-order chi connectivity index (χ1) is 15.6. The van der Waals surface area contributed by atoms with Crippen molar-refractivity contribution in [2.75, 3.05) is 6.61 Å². The minimum Gasteiger partial charge on any atom is -0.489 e. The van der Waals surface area contributed by atoms with Crippen LogP contribution < -0.4 is 4.74 Å². The van der Waals surface area contributed by atoms with E-state index in [1.165, 1.54) is 23.1 Å². The fourth-order valence-electron chi connectivity index (χ4n) is 7.23. The van der Waals surface area contributed by atoms with Crippen molar-refractivity contribution in [3.8, 4) is 5.75 Å². The molecule has 1 N–H and O–H groups in total. The Morgan fingerprint density at radius 1 is 1.09 bits per heavy atom. The van der Waals surface area contributed by atoms with Gasteiger partial charge in [0.25, 0.3) is 0 Å². The summed E-state index contributed by atoms with van der Waals surface area (Å²) >= 11 is 0. The van der Waals surface area contributed by atoms with E-state index in [0.717, 1.165) is 50.7 Å². The van der Waals surface area contributed by atoms with Crippen molar-refractivity contribution < 1.29 is 14.6 Å². The Kier molecular flexibility index (Phi) is 6.11. The van der Waals surface area contributed by atoms with Gasteiger partial charge in [0.05, 0.1) is 0 Å². The van der Waals surface area contributed by atoms with Gasteiger partial charge in [0.1, 0.15) is 18.1 Å². The van der Waals surface area contributed by atoms with Gasteiger partial charge in [-0.05, 0) is 91.0 Å². The summed E-state index contributed by atoms with van der Waals surface area (Å²) in [5.41, 5.74) is 4.02. The molecule has 0 radical (unpaired) electrons. The zero-order chi connectivity index (χ0) is 22.1. The fraction of sp³-hybridized carbons (Fsp3) is 0.552. The molecule has 0 spiro atoms. The molecule has 5 rings (SSSR count). The number of rotatable bonds is 7. The normalized spacial score (nSPS) is 31.0. The second kappa shape index (κ2) is 9.02. The number of unbranched alkanes of at least 4 members (excludes halogenated alkanes) is 1. The molecule has 3 nitrogen and oxygen atoms in total. The molecule has 3 aliphatic rings. The Morgan fingerprint density at radius 2 is 1.94 bits per heavy atom. The van der Waals surface area contributed by atoms with E-state index in [9.17, 15) is 9.90 Å². The van der Waals surface area contributed by atoms with Gasteiger partial charge in [-0.25, -0.2) is 0 Å². The average Bonchev–Trinajstić information content (AvgIpc) is 3.08.